The number of nitrogens with two attached hydrogens (primary N) is 1. The normalized spacial score (nSPS) is 25.1. The monoisotopic (exact) mass is 374 g/mol. The van der Waals surface area contributed by atoms with E-state index in [0.29, 0.717) is 16.9 Å². The molecule has 5 N–H and O–H groups in total. The number of anilines is 1. The minimum atomic E-state index is -1.43. The van der Waals surface area contributed by atoms with Crippen LogP contribution in [0, 0.1) is 6.92 Å². The Morgan fingerprint density at radius 3 is 2.85 bits per heavy atom. The number of nitrogen functional groups attached to an aromatic ring is 1. The van der Waals surface area contributed by atoms with Crippen LogP contribution in [0.5, 0.6) is 0 Å². The van der Waals surface area contributed by atoms with Gasteiger partial charge in [-0.1, -0.05) is 0 Å². The van der Waals surface area contributed by atoms with E-state index in [1.165, 1.54) is 17.2 Å². The first-order chi connectivity index (χ1) is 13.0. The van der Waals surface area contributed by atoms with Crippen molar-refractivity contribution in [1.82, 2.24) is 24.8 Å². The summed E-state index contributed by atoms with van der Waals surface area (Å²) in [7, 11) is 0. The lowest BCUT2D eigenvalue weighted by Crippen LogP contribution is -2.42. The highest BCUT2D eigenvalue weighted by Gasteiger charge is 2.47. The molecule has 0 spiro atoms. The number of furan rings is 1. The lowest BCUT2D eigenvalue weighted by Gasteiger charge is -2.16. The highest BCUT2D eigenvalue weighted by molar-refractivity contribution is 5.82. The van der Waals surface area contributed by atoms with Crippen LogP contribution >= 0.6 is 0 Å². The summed E-state index contributed by atoms with van der Waals surface area (Å²) < 4.78 is 12.4. The standard InChI is InChI=1S/C16H18N6O5/c1-7-2-3-8(26-7)4-18-15(25)12-10(23)11(24)16(27-12)22-6-21-9-13(17)19-5-20-14(9)22/h2-3,5-6,10-12,16,23-24H,4H2,1H3,(H,18,25)(H2,17,19,20)/t10-,11+,12-,16+/m0/s1. The van der Waals surface area contributed by atoms with Crippen LogP contribution in [0.3, 0.4) is 0 Å². The fourth-order valence-corrected chi connectivity index (χ4v) is 3.02. The van der Waals surface area contributed by atoms with Gasteiger partial charge in [-0.15, -0.1) is 0 Å². The Morgan fingerprint density at radius 2 is 2.11 bits per heavy atom. The number of nitrogens with one attached hydrogen (secondary N) is 1. The van der Waals surface area contributed by atoms with Crippen molar-refractivity contribution in [3.05, 3.63) is 36.3 Å². The summed E-state index contributed by atoms with van der Waals surface area (Å²) in [5, 5.41) is 23.3. The molecule has 3 aromatic heterocycles. The number of aryl methyl sites for hydroxylation is 1. The number of amides is 1. The maximum absolute atomic E-state index is 12.4. The second kappa shape index (κ2) is 6.61. The molecule has 11 heteroatoms. The summed E-state index contributed by atoms with van der Waals surface area (Å²) in [5.41, 5.74) is 6.41. The number of aliphatic hydroxyl groups is 2. The molecule has 3 aromatic rings. The van der Waals surface area contributed by atoms with Gasteiger partial charge in [-0.3, -0.25) is 9.36 Å². The number of ether oxygens (including phenoxy) is 1. The van der Waals surface area contributed by atoms with Crippen LogP contribution in [0.25, 0.3) is 11.2 Å². The minimum Gasteiger partial charge on any atom is -0.465 e. The number of carbonyl (C=O) groups excluding carboxylic acids is 1. The molecule has 1 saturated heterocycles. The van der Waals surface area contributed by atoms with Crippen molar-refractivity contribution in [2.75, 3.05) is 5.73 Å². The van der Waals surface area contributed by atoms with E-state index in [2.05, 4.69) is 20.3 Å². The Hall–Kier alpha value is -3.02. The number of hydrogen-bond acceptors (Lipinski definition) is 9. The lowest BCUT2D eigenvalue weighted by atomic mass is 10.1. The number of fused-ring (bicyclic) bond motifs is 1. The molecular formula is C16H18N6O5. The van der Waals surface area contributed by atoms with Crippen LogP contribution in [-0.4, -0.2) is 54.0 Å². The summed E-state index contributed by atoms with van der Waals surface area (Å²) >= 11 is 0. The molecular weight excluding hydrogens is 356 g/mol. The van der Waals surface area contributed by atoms with Crippen LogP contribution in [0.2, 0.25) is 0 Å². The van der Waals surface area contributed by atoms with Crippen molar-refractivity contribution < 1.29 is 24.2 Å². The number of aliphatic hydroxyl groups excluding tert-OH is 2. The van der Waals surface area contributed by atoms with E-state index >= 15 is 0 Å². The lowest BCUT2D eigenvalue weighted by molar-refractivity contribution is -0.137. The zero-order valence-corrected chi connectivity index (χ0v) is 14.3. The number of carbonyl (C=O) groups is 1. The molecule has 1 amide bonds. The SMILES string of the molecule is Cc1ccc(CNC(=O)[C@H]2O[C@@H](n3cnc4c(N)ncnc43)[C@H](O)[C@@H]2O)o1. The van der Waals surface area contributed by atoms with Gasteiger partial charge in [0.05, 0.1) is 12.9 Å². The van der Waals surface area contributed by atoms with Gasteiger partial charge in [0.25, 0.3) is 5.91 Å². The molecule has 0 radical (unpaired) electrons. The highest BCUT2D eigenvalue weighted by atomic mass is 16.6. The molecule has 0 aromatic carbocycles. The summed E-state index contributed by atoms with van der Waals surface area (Å²) in [4.78, 5) is 24.4. The third kappa shape index (κ3) is 3.01. The van der Waals surface area contributed by atoms with Crippen molar-refractivity contribution in [2.24, 2.45) is 0 Å². The zero-order chi connectivity index (χ0) is 19.1. The van der Waals surface area contributed by atoms with Gasteiger partial charge in [-0.05, 0) is 19.1 Å². The van der Waals surface area contributed by atoms with Crippen molar-refractivity contribution in [3.8, 4) is 0 Å². The predicted molar refractivity (Wildman–Crippen MR) is 91.0 cm³/mol. The molecule has 0 bridgehead atoms. The highest BCUT2D eigenvalue weighted by Crippen LogP contribution is 2.32. The van der Waals surface area contributed by atoms with E-state index in [-0.39, 0.29) is 12.4 Å². The van der Waals surface area contributed by atoms with Gasteiger partial charge in [-0.25, -0.2) is 15.0 Å². The molecule has 1 aliphatic heterocycles. The summed E-state index contributed by atoms with van der Waals surface area (Å²) in [6.07, 6.45) is -2.49. The third-order valence-electron chi connectivity index (χ3n) is 4.39. The fourth-order valence-electron chi connectivity index (χ4n) is 3.02. The number of rotatable bonds is 4. The van der Waals surface area contributed by atoms with E-state index in [4.69, 9.17) is 14.9 Å². The maximum Gasteiger partial charge on any atom is 0.252 e. The summed E-state index contributed by atoms with van der Waals surface area (Å²) in [6, 6.07) is 3.51. The number of nitrogens with zero attached hydrogens (tertiary/aromatic N) is 4. The van der Waals surface area contributed by atoms with Crippen molar-refractivity contribution in [1.29, 1.82) is 0 Å². The van der Waals surface area contributed by atoms with E-state index < -0.39 is 30.4 Å². The molecule has 0 saturated carbocycles. The number of imidazole rings is 1. The quantitative estimate of drug-likeness (QED) is 0.460. The van der Waals surface area contributed by atoms with E-state index in [1.807, 2.05) is 0 Å². The van der Waals surface area contributed by atoms with Gasteiger partial charge in [0.2, 0.25) is 0 Å². The molecule has 4 heterocycles. The smallest absolute Gasteiger partial charge is 0.252 e. The predicted octanol–water partition coefficient (Wildman–Crippen LogP) is -0.754. The second-order valence-electron chi connectivity index (χ2n) is 6.24. The molecule has 142 valence electrons. The summed E-state index contributed by atoms with van der Waals surface area (Å²) in [6.45, 7) is 1.93. The number of aromatic nitrogens is 4. The van der Waals surface area contributed by atoms with Crippen LogP contribution in [-0.2, 0) is 16.1 Å². The fraction of sp³-hybridized carbons (Fsp3) is 0.375. The van der Waals surface area contributed by atoms with Gasteiger partial charge < -0.3 is 30.4 Å². The molecule has 11 nitrogen and oxygen atoms in total. The van der Waals surface area contributed by atoms with Crippen molar-refractivity contribution >= 4 is 22.9 Å². The maximum atomic E-state index is 12.4. The Morgan fingerprint density at radius 1 is 1.30 bits per heavy atom. The Bertz CT molecular complexity index is 985. The molecule has 0 unspecified atom stereocenters. The third-order valence-corrected chi connectivity index (χ3v) is 4.39. The topological polar surface area (TPSA) is 162 Å². The molecule has 1 fully saturated rings. The molecule has 4 atom stereocenters. The van der Waals surface area contributed by atoms with Gasteiger partial charge >= 0.3 is 0 Å². The van der Waals surface area contributed by atoms with Crippen molar-refractivity contribution in [2.45, 2.75) is 38.0 Å². The van der Waals surface area contributed by atoms with Gasteiger partial charge in [-0.2, -0.15) is 0 Å². The van der Waals surface area contributed by atoms with Crippen LogP contribution in [0.15, 0.2) is 29.2 Å². The van der Waals surface area contributed by atoms with E-state index in [0.717, 1.165) is 5.76 Å². The van der Waals surface area contributed by atoms with E-state index in [1.54, 1.807) is 19.1 Å². The zero-order valence-electron chi connectivity index (χ0n) is 14.3. The Balaban J connectivity index is 1.51. The molecule has 0 aliphatic carbocycles. The first-order valence-electron chi connectivity index (χ1n) is 8.23. The number of hydrogen-bond donors (Lipinski definition) is 4. The first-order valence-corrected chi connectivity index (χ1v) is 8.23. The summed E-state index contributed by atoms with van der Waals surface area (Å²) in [5.74, 6) is 0.893. The average Bonchev–Trinajstić information content (AvgIpc) is 3.33. The van der Waals surface area contributed by atoms with Crippen molar-refractivity contribution in [3.63, 3.8) is 0 Å². The van der Waals surface area contributed by atoms with E-state index in [9.17, 15) is 15.0 Å². The molecule has 1 aliphatic rings. The minimum absolute atomic E-state index is 0.137. The average molecular weight is 374 g/mol. The Labute approximate surface area is 152 Å². The molecule has 4 rings (SSSR count). The van der Waals surface area contributed by atoms with Gasteiger partial charge in [0.15, 0.2) is 23.8 Å². The van der Waals surface area contributed by atoms with Crippen LogP contribution < -0.4 is 11.1 Å². The van der Waals surface area contributed by atoms with Gasteiger partial charge in [0.1, 0.15) is 35.6 Å². The van der Waals surface area contributed by atoms with Crippen LogP contribution in [0.4, 0.5) is 5.82 Å². The second-order valence-corrected chi connectivity index (χ2v) is 6.24. The largest absolute Gasteiger partial charge is 0.465 e. The molecule has 27 heavy (non-hydrogen) atoms. The van der Waals surface area contributed by atoms with Crippen LogP contribution in [0.1, 0.15) is 17.7 Å². The first kappa shape index (κ1) is 17.4. The van der Waals surface area contributed by atoms with Gasteiger partial charge in [0, 0.05) is 0 Å². The Kier molecular flexibility index (Phi) is 4.26.